The molecule has 1 rings (SSSR count). The molecule has 0 fully saturated rings. The normalized spacial score (nSPS) is 12.0. The first-order chi connectivity index (χ1) is 6.10. The highest BCUT2D eigenvalue weighted by Gasteiger charge is 2.23. The second-order valence-corrected chi connectivity index (χ2v) is 4.30. The minimum absolute atomic E-state index is 0.229. The third kappa shape index (κ3) is 2.51. The van der Waals surface area contributed by atoms with E-state index in [1.165, 1.54) is 0 Å². The third-order valence-corrected chi connectivity index (χ3v) is 3.13. The average Bonchev–Trinajstić information content (AvgIpc) is 2.52. The maximum absolute atomic E-state index is 5.62. The molecular weight excluding hydrogens is 182 g/mol. The molecule has 0 amide bonds. The largest absolute Gasteiger partial charge is 0.369 e. The van der Waals surface area contributed by atoms with Crippen molar-refractivity contribution in [3.8, 4) is 0 Å². The molecule has 0 saturated carbocycles. The molecule has 2 nitrogen and oxygen atoms in total. The first kappa shape index (κ1) is 10.7. The van der Waals surface area contributed by atoms with Crippen molar-refractivity contribution < 1.29 is 4.74 Å². The SMILES string of the molecule is CCOC(C)(C)c1nc(CC)cs1. The number of aryl methyl sites for hydroxylation is 1. The topological polar surface area (TPSA) is 22.1 Å². The second-order valence-electron chi connectivity index (χ2n) is 3.44. The Balaban J connectivity index is 2.80. The minimum atomic E-state index is -0.229. The standard InChI is InChI=1S/C10H17NOS/c1-5-8-7-13-9(11-8)10(3,4)12-6-2/h7H,5-6H2,1-4H3. The summed E-state index contributed by atoms with van der Waals surface area (Å²) in [6, 6.07) is 0. The summed E-state index contributed by atoms with van der Waals surface area (Å²) in [5, 5.41) is 3.18. The second kappa shape index (κ2) is 4.20. The molecule has 74 valence electrons. The van der Waals surface area contributed by atoms with Crippen molar-refractivity contribution in [1.29, 1.82) is 0 Å². The van der Waals surface area contributed by atoms with E-state index in [0.717, 1.165) is 23.7 Å². The summed E-state index contributed by atoms with van der Waals surface area (Å²) in [5.41, 5.74) is 0.931. The molecule has 0 atom stereocenters. The summed E-state index contributed by atoms with van der Waals surface area (Å²) in [6.07, 6.45) is 0.999. The Kier molecular flexibility index (Phi) is 3.45. The van der Waals surface area contributed by atoms with Gasteiger partial charge in [0.2, 0.25) is 0 Å². The highest BCUT2D eigenvalue weighted by molar-refractivity contribution is 7.09. The Morgan fingerprint density at radius 2 is 2.15 bits per heavy atom. The van der Waals surface area contributed by atoms with Gasteiger partial charge in [-0.25, -0.2) is 4.98 Å². The molecule has 0 N–H and O–H groups in total. The summed E-state index contributed by atoms with van der Waals surface area (Å²) < 4.78 is 5.62. The van der Waals surface area contributed by atoms with Gasteiger partial charge in [0, 0.05) is 12.0 Å². The third-order valence-electron chi connectivity index (χ3n) is 1.93. The van der Waals surface area contributed by atoms with Gasteiger partial charge in [-0.05, 0) is 27.2 Å². The van der Waals surface area contributed by atoms with Gasteiger partial charge in [-0.1, -0.05) is 6.92 Å². The Hall–Kier alpha value is -0.410. The lowest BCUT2D eigenvalue weighted by Crippen LogP contribution is -2.21. The predicted octanol–water partition coefficient (Wildman–Crippen LogP) is 2.98. The lowest BCUT2D eigenvalue weighted by molar-refractivity contribution is -0.0142. The zero-order valence-corrected chi connectivity index (χ0v) is 9.57. The van der Waals surface area contributed by atoms with Crippen LogP contribution in [0.5, 0.6) is 0 Å². The van der Waals surface area contributed by atoms with E-state index in [1.807, 2.05) is 6.92 Å². The van der Waals surface area contributed by atoms with Gasteiger partial charge in [-0.15, -0.1) is 11.3 Å². The van der Waals surface area contributed by atoms with E-state index < -0.39 is 0 Å². The van der Waals surface area contributed by atoms with E-state index >= 15 is 0 Å². The van der Waals surface area contributed by atoms with Gasteiger partial charge in [0.05, 0.1) is 5.69 Å². The van der Waals surface area contributed by atoms with E-state index in [1.54, 1.807) is 11.3 Å². The van der Waals surface area contributed by atoms with Crippen LogP contribution in [0.2, 0.25) is 0 Å². The van der Waals surface area contributed by atoms with Crippen LogP contribution in [0.25, 0.3) is 0 Å². The Labute approximate surface area is 84.0 Å². The van der Waals surface area contributed by atoms with Crippen molar-refractivity contribution in [3.05, 3.63) is 16.1 Å². The monoisotopic (exact) mass is 199 g/mol. The van der Waals surface area contributed by atoms with E-state index in [2.05, 4.69) is 31.1 Å². The first-order valence-electron chi connectivity index (χ1n) is 4.69. The van der Waals surface area contributed by atoms with E-state index in [9.17, 15) is 0 Å². The van der Waals surface area contributed by atoms with Gasteiger partial charge < -0.3 is 4.74 Å². The van der Waals surface area contributed by atoms with Crippen LogP contribution in [-0.4, -0.2) is 11.6 Å². The Bertz CT molecular complexity index is 268. The minimum Gasteiger partial charge on any atom is -0.369 e. The molecule has 3 heteroatoms. The molecular formula is C10H17NOS. The highest BCUT2D eigenvalue weighted by Crippen LogP contribution is 2.27. The van der Waals surface area contributed by atoms with Crippen LogP contribution in [0.3, 0.4) is 0 Å². The fourth-order valence-electron chi connectivity index (χ4n) is 1.17. The average molecular weight is 199 g/mol. The van der Waals surface area contributed by atoms with Crippen LogP contribution >= 0.6 is 11.3 Å². The predicted molar refractivity (Wildman–Crippen MR) is 56.1 cm³/mol. The van der Waals surface area contributed by atoms with Crippen molar-refractivity contribution in [1.82, 2.24) is 4.98 Å². The van der Waals surface area contributed by atoms with Crippen molar-refractivity contribution in [2.75, 3.05) is 6.61 Å². The number of hydrogen-bond donors (Lipinski definition) is 0. The molecule has 0 aliphatic heterocycles. The van der Waals surface area contributed by atoms with Gasteiger partial charge in [0.1, 0.15) is 10.6 Å². The van der Waals surface area contributed by atoms with Crippen molar-refractivity contribution in [2.45, 2.75) is 39.7 Å². The number of rotatable bonds is 4. The fourth-order valence-corrected chi connectivity index (χ4v) is 2.15. The molecule has 1 aromatic rings. The maximum atomic E-state index is 5.62. The van der Waals surface area contributed by atoms with Crippen molar-refractivity contribution >= 4 is 11.3 Å². The molecule has 0 radical (unpaired) electrons. The number of thiazole rings is 1. The van der Waals surface area contributed by atoms with Gasteiger partial charge >= 0.3 is 0 Å². The van der Waals surface area contributed by atoms with Gasteiger partial charge in [0.25, 0.3) is 0 Å². The van der Waals surface area contributed by atoms with Gasteiger partial charge in [-0.3, -0.25) is 0 Å². The molecule has 0 spiro atoms. The van der Waals surface area contributed by atoms with Gasteiger partial charge in [-0.2, -0.15) is 0 Å². The Morgan fingerprint density at radius 3 is 2.62 bits per heavy atom. The van der Waals surface area contributed by atoms with E-state index in [-0.39, 0.29) is 5.60 Å². The van der Waals surface area contributed by atoms with Crippen molar-refractivity contribution in [3.63, 3.8) is 0 Å². The number of nitrogens with zero attached hydrogens (tertiary/aromatic N) is 1. The summed E-state index contributed by atoms with van der Waals surface area (Å²) in [6.45, 7) is 8.99. The zero-order valence-electron chi connectivity index (χ0n) is 8.76. The molecule has 0 aliphatic carbocycles. The fraction of sp³-hybridized carbons (Fsp3) is 0.700. The van der Waals surface area contributed by atoms with Crippen LogP contribution in [0.1, 0.15) is 38.4 Å². The van der Waals surface area contributed by atoms with Gasteiger partial charge in [0.15, 0.2) is 0 Å². The molecule has 13 heavy (non-hydrogen) atoms. The summed E-state index contributed by atoms with van der Waals surface area (Å²) in [4.78, 5) is 4.51. The molecule has 0 aromatic carbocycles. The van der Waals surface area contributed by atoms with Crippen LogP contribution in [0.4, 0.5) is 0 Å². The first-order valence-corrected chi connectivity index (χ1v) is 5.57. The molecule has 0 bridgehead atoms. The zero-order chi connectivity index (χ0) is 9.90. The molecule has 1 aromatic heterocycles. The van der Waals surface area contributed by atoms with Crippen LogP contribution < -0.4 is 0 Å². The molecule has 1 heterocycles. The maximum Gasteiger partial charge on any atom is 0.124 e. The number of hydrogen-bond acceptors (Lipinski definition) is 3. The lowest BCUT2D eigenvalue weighted by atomic mass is 10.1. The summed E-state index contributed by atoms with van der Waals surface area (Å²) >= 11 is 1.68. The van der Waals surface area contributed by atoms with Crippen LogP contribution in [-0.2, 0) is 16.8 Å². The number of aromatic nitrogens is 1. The smallest absolute Gasteiger partial charge is 0.124 e. The molecule has 0 aliphatic rings. The lowest BCUT2D eigenvalue weighted by Gasteiger charge is -2.21. The van der Waals surface area contributed by atoms with Crippen LogP contribution in [0.15, 0.2) is 5.38 Å². The highest BCUT2D eigenvalue weighted by atomic mass is 32.1. The molecule has 0 unspecified atom stereocenters. The summed E-state index contributed by atoms with van der Waals surface area (Å²) in [5.74, 6) is 0. The van der Waals surface area contributed by atoms with E-state index in [0.29, 0.717) is 0 Å². The molecule has 0 saturated heterocycles. The quantitative estimate of drug-likeness (QED) is 0.743. The Morgan fingerprint density at radius 1 is 1.46 bits per heavy atom. The van der Waals surface area contributed by atoms with E-state index in [4.69, 9.17) is 4.74 Å². The van der Waals surface area contributed by atoms with Crippen molar-refractivity contribution in [2.24, 2.45) is 0 Å². The number of ether oxygens (including phenoxy) is 1. The summed E-state index contributed by atoms with van der Waals surface area (Å²) in [7, 11) is 0. The van der Waals surface area contributed by atoms with Crippen LogP contribution in [0, 0.1) is 0 Å².